The van der Waals surface area contributed by atoms with E-state index >= 15 is 0 Å². The Hall–Kier alpha value is -2.26. The number of sulfonamides is 1. The molecular weight excluding hydrogens is 402 g/mol. The Balaban J connectivity index is 1.82. The summed E-state index contributed by atoms with van der Waals surface area (Å²) in [5.41, 5.74) is -0.178. The number of aromatic nitrogens is 1. The first-order chi connectivity index (χ1) is 12.4. The number of nitriles is 1. The number of nitrogens with zero attached hydrogens (tertiary/aromatic N) is 5. The third-order valence-electron chi connectivity index (χ3n) is 3.95. The molecule has 1 aromatic heterocycles. The highest BCUT2D eigenvalue weighted by molar-refractivity contribution is 7.89. The second-order valence-electron chi connectivity index (χ2n) is 5.38. The lowest BCUT2D eigenvalue weighted by Crippen LogP contribution is -2.48. The fourth-order valence-corrected chi connectivity index (χ4v) is 5.33. The summed E-state index contributed by atoms with van der Waals surface area (Å²) < 4.78 is 30.8. The van der Waals surface area contributed by atoms with E-state index in [4.69, 9.17) is 16.9 Å². The number of nitro benzene ring substituents is 1. The average molecular weight is 414 g/mol. The van der Waals surface area contributed by atoms with Gasteiger partial charge < -0.3 is 4.90 Å². The second-order valence-corrected chi connectivity index (χ2v) is 8.40. The van der Waals surface area contributed by atoms with Gasteiger partial charge in [0, 0.05) is 32.2 Å². The Morgan fingerprint density at radius 1 is 1.27 bits per heavy atom. The zero-order valence-corrected chi connectivity index (χ0v) is 15.6. The molecule has 1 aliphatic heterocycles. The largest absolute Gasteiger partial charge is 0.358 e. The Morgan fingerprint density at radius 2 is 1.92 bits per heavy atom. The SMILES string of the molecule is N#Cc1c(Cl)nsc1N1CCN(S(=O)(=O)c2ccccc2[N+](=O)[O-])CC1. The van der Waals surface area contributed by atoms with Crippen LogP contribution in [-0.2, 0) is 10.0 Å². The van der Waals surface area contributed by atoms with Gasteiger partial charge in [-0.1, -0.05) is 23.7 Å². The van der Waals surface area contributed by atoms with Crippen LogP contribution in [0.5, 0.6) is 0 Å². The van der Waals surface area contributed by atoms with Gasteiger partial charge in [0.15, 0.2) is 10.0 Å². The summed E-state index contributed by atoms with van der Waals surface area (Å²) in [6.07, 6.45) is 0. The van der Waals surface area contributed by atoms with Gasteiger partial charge in [0.25, 0.3) is 5.69 Å². The molecule has 0 N–H and O–H groups in total. The van der Waals surface area contributed by atoms with Crippen LogP contribution < -0.4 is 4.90 Å². The van der Waals surface area contributed by atoms with Gasteiger partial charge in [-0.2, -0.15) is 13.9 Å². The molecule has 26 heavy (non-hydrogen) atoms. The fourth-order valence-electron chi connectivity index (χ4n) is 2.67. The van der Waals surface area contributed by atoms with Crippen LogP contribution >= 0.6 is 23.1 Å². The highest BCUT2D eigenvalue weighted by atomic mass is 35.5. The van der Waals surface area contributed by atoms with Crippen LogP contribution in [0.4, 0.5) is 10.7 Å². The van der Waals surface area contributed by atoms with Crippen molar-refractivity contribution in [1.82, 2.24) is 8.68 Å². The predicted molar refractivity (Wildman–Crippen MR) is 95.9 cm³/mol. The summed E-state index contributed by atoms with van der Waals surface area (Å²) >= 11 is 6.96. The van der Waals surface area contributed by atoms with Crippen LogP contribution in [0.2, 0.25) is 5.15 Å². The molecule has 0 spiro atoms. The molecule has 0 saturated carbocycles. The molecule has 2 aromatic rings. The molecule has 1 aromatic carbocycles. The smallest absolute Gasteiger partial charge is 0.289 e. The highest BCUT2D eigenvalue weighted by Gasteiger charge is 2.34. The van der Waals surface area contributed by atoms with Crippen molar-refractivity contribution in [2.75, 3.05) is 31.1 Å². The first kappa shape index (κ1) is 18.5. The number of benzene rings is 1. The minimum atomic E-state index is -3.99. The van der Waals surface area contributed by atoms with Gasteiger partial charge in [-0.05, 0) is 17.6 Å². The second kappa shape index (κ2) is 7.16. The number of nitro groups is 1. The monoisotopic (exact) mass is 413 g/mol. The van der Waals surface area contributed by atoms with E-state index in [-0.39, 0.29) is 28.7 Å². The molecule has 0 bridgehead atoms. The number of anilines is 1. The maximum atomic E-state index is 12.8. The van der Waals surface area contributed by atoms with Crippen LogP contribution in [0.15, 0.2) is 29.2 Å². The number of para-hydroxylation sites is 1. The Bertz CT molecular complexity index is 993. The summed E-state index contributed by atoms with van der Waals surface area (Å²) in [7, 11) is -3.99. The van der Waals surface area contributed by atoms with E-state index < -0.39 is 20.6 Å². The summed E-state index contributed by atoms with van der Waals surface area (Å²) in [5, 5.41) is 21.0. The topological polar surface area (TPSA) is 120 Å². The molecule has 0 aliphatic carbocycles. The molecule has 9 nitrogen and oxygen atoms in total. The highest BCUT2D eigenvalue weighted by Crippen LogP contribution is 2.33. The molecule has 0 radical (unpaired) electrons. The molecular formula is C14H12ClN5O4S2. The predicted octanol–water partition coefficient (Wildman–Crippen LogP) is 2.09. The molecule has 0 unspecified atom stereocenters. The van der Waals surface area contributed by atoms with Crippen LogP contribution in [-0.4, -0.2) is 48.2 Å². The minimum absolute atomic E-state index is 0.127. The Kier molecular flexibility index (Phi) is 5.10. The minimum Gasteiger partial charge on any atom is -0.358 e. The summed E-state index contributed by atoms with van der Waals surface area (Å²) in [6.45, 7) is 0.920. The van der Waals surface area contributed by atoms with Crippen LogP contribution in [0.25, 0.3) is 0 Å². The molecule has 2 heterocycles. The molecule has 136 valence electrons. The number of piperazine rings is 1. The molecule has 1 fully saturated rings. The maximum Gasteiger partial charge on any atom is 0.289 e. The van der Waals surface area contributed by atoms with Gasteiger partial charge in [0.1, 0.15) is 16.6 Å². The molecule has 12 heteroatoms. The zero-order valence-electron chi connectivity index (χ0n) is 13.2. The van der Waals surface area contributed by atoms with Gasteiger partial charge in [-0.25, -0.2) is 8.42 Å². The van der Waals surface area contributed by atoms with E-state index in [1.54, 1.807) is 0 Å². The van der Waals surface area contributed by atoms with E-state index in [0.717, 1.165) is 11.5 Å². The lowest BCUT2D eigenvalue weighted by molar-refractivity contribution is -0.387. The summed E-state index contributed by atoms with van der Waals surface area (Å²) in [6, 6.07) is 7.27. The molecule has 3 rings (SSSR count). The van der Waals surface area contributed by atoms with Gasteiger partial charge in [-0.3, -0.25) is 10.1 Å². The van der Waals surface area contributed by atoms with Crippen molar-refractivity contribution < 1.29 is 13.3 Å². The lowest BCUT2D eigenvalue weighted by Gasteiger charge is -2.34. The van der Waals surface area contributed by atoms with E-state index in [1.165, 1.54) is 28.6 Å². The lowest BCUT2D eigenvalue weighted by atomic mass is 10.3. The van der Waals surface area contributed by atoms with Crippen molar-refractivity contribution >= 4 is 43.8 Å². The van der Waals surface area contributed by atoms with Gasteiger partial charge in [0.05, 0.1) is 4.92 Å². The van der Waals surface area contributed by atoms with E-state index in [9.17, 15) is 18.5 Å². The molecule has 0 atom stereocenters. The fraction of sp³-hybridized carbons (Fsp3) is 0.286. The molecule has 0 amide bonds. The number of halogens is 1. The first-order valence-corrected chi connectivity index (χ1v) is 9.99. The van der Waals surface area contributed by atoms with Crippen molar-refractivity contribution in [1.29, 1.82) is 5.26 Å². The van der Waals surface area contributed by atoms with Crippen LogP contribution in [0, 0.1) is 21.4 Å². The van der Waals surface area contributed by atoms with Crippen molar-refractivity contribution in [3.05, 3.63) is 45.1 Å². The van der Waals surface area contributed by atoms with Crippen LogP contribution in [0.3, 0.4) is 0 Å². The van der Waals surface area contributed by atoms with E-state index in [1.807, 2.05) is 11.0 Å². The third kappa shape index (κ3) is 3.24. The maximum absolute atomic E-state index is 12.8. The van der Waals surface area contributed by atoms with Crippen molar-refractivity contribution in [2.45, 2.75) is 4.90 Å². The number of rotatable bonds is 4. The third-order valence-corrected chi connectivity index (χ3v) is 7.18. The van der Waals surface area contributed by atoms with Crippen molar-refractivity contribution in [2.24, 2.45) is 0 Å². The van der Waals surface area contributed by atoms with E-state index in [0.29, 0.717) is 18.1 Å². The van der Waals surface area contributed by atoms with Crippen molar-refractivity contribution in [3.8, 4) is 6.07 Å². The Morgan fingerprint density at radius 3 is 2.54 bits per heavy atom. The van der Waals surface area contributed by atoms with Gasteiger partial charge in [-0.15, -0.1) is 0 Å². The number of hydrogen-bond acceptors (Lipinski definition) is 8. The average Bonchev–Trinajstić information content (AvgIpc) is 3.02. The normalized spacial score (nSPS) is 15.6. The van der Waals surface area contributed by atoms with Gasteiger partial charge >= 0.3 is 0 Å². The standard InChI is InChI=1S/C14H12ClN5O4S2/c15-13-10(9-16)14(25-17-13)18-5-7-19(8-6-18)26(23,24)12-4-2-1-3-11(12)20(21)22/h1-4H,5-8H2. The Labute approximate surface area is 158 Å². The quantitative estimate of drug-likeness (QED) is 0.555. The summed E-state index contributed by atoms with van der Waals surface area (Å²) in [4.78, 5) is 11.9. The van der Waals surface area contributed by atoms with Crippen LogP contribution in [0.1, 0.15) is 5.56 Å². The first-order valence-electron chi connectivity index (χ1n) is 7.40. The van der Waals surface area contributed by atoms with E-state index in [2.05, 4.69) is 4.37 Å². The van der Waals surface area contributed by atoms with Crippen molar-refractivity contribution in [3.63, 3.8) is 0 Å². The number of hydrogen-bond donors (Lipinski definition) is 0. The molecule has 1 aliphatic rings. The molecule has 1 saturated heterocycles. The summed E-state index contributed by atoms with van der Waals surface area (Å²) in [5.74, 6) is 0. The zero-order chi connectivity index (χ0) is 18.9. The van der Waals surface area contributed by atoms with Gasteiger partial charge in [0.2, 0.25) is 10.0 Å².